The lowest BCUT2D eigenvalue weighted by molar-refractivity contribution is -0.143. The van der Waals surface area contributed by atoms with Gasteiger partial charge in [0, 0.05) is 32.2 Å². The summed E-state index contributed by atoms with van der Waals surface area (Å²) >= 11 is 0. The summed E-state index contributed by atoms with van der Waals surface area (Å²) < 4.78 is 13.7. The van der Waals surface area contributed by atoms with Gasteiger partial charge in [-0.25, -0.2) is 4.39 Å². The molecule has 1 aliphatic heterocycles. The molecule has 146 valence electrons. The molecule has 4 rings (SSSR count). The van der Waals surface area contributed by atoms with E-state index in [1.807, 2.05) is 17.9 Å². The monoisotopic (exact) mass is 373 g/mol. The molecule has 1 unspecified atom stereocenters. The fourth-order valence-electron chi connectivity index (χ4n) is 4.27. The van der Waals surface area contributed by atoms with E-state index in [9.17, 15) is 14.0 Å². The van der Waals surface area contributed by atoms with Crippen LogP contribution in [0.25, 0.3) is 0 Å². The highest BCUT2D eigenvalue weighted by Gasteiger charge is 2.48. The maximum Gasteiger partial charge on any atom is 0.237 e. The van der Waals surface area contributed by atoms with E-state index in [0.717, 1.165) is 37.7 Å². The number of nitrogens with one attached hydrogen (secondary N) is 1. The highest BCUT2D eigenvalue weighted by atomic mass is 19.1. The molecule has 2 saturated carbocycles. The minimum atomic E-state index is -0.556. The maximum atomic E-state index is 13.7. The topological polar surface area (TPSA) is 52.7 Å². The van der Waals surface area contributed by atoms with Crippen LogP contribution in [0.15, 0.2) is 24.3 Å². The Kier molecular flexibility index (Phi) is 4.93. The van der Waals surface area contributed by atoms with E-state index in [4.69, 9.17) is 0 Å². The highest BCUT2D eigenvalue weighted by molar-refractivity contribution is 5.89. The molecule has 2 amide bonds. The number of rotatable bonds is 5. The van der Waals surface area contributed by atoms with Crippen molar-refractivity contribution >= 4 is 11.8 Å². The molecule has 1 aromatic carbocycles. The van der Waals surface area contributed by atoms with E-state index in [2.05, 4.69) is 10.2 Å². The third-order valence-electron chi connectivity index (χ3n) is 6.45. The summed E-state index contributed by atoms with van der Waals surface area (Å²) in [6, 6.07) is 6.71. The summed E-state index contributed by atoms with van der Waals surface area (Å²) in [4.78, 5) is 29.6. The Morgan fingerprint density at radius 2 is 1.89 bits per heavy atom. The zero-order chi connectivity index (χ0) is 19.0. The summed E-state index contributed by atoms with van der Waals surface area (Å²) in [5.41, 5.74) is 0.248. The fourth-order valence-corrected chi connectivity index (χ4v) is 4.27. The van der Waals surface area contributed by atoms with Gasteiger partial charge in [0.05, 0.1) is 11.5 Å². The second-order valence-electron chi connectivity index (χ2n) is 8.23. The second-order valence-corrected chi connectivity index (χ2v) is 8.23. The van der Waals surface area contributed by atoms with Crippen LogP contribution >= 0.6 is 0 Å². The summed E-state index contributed by atoms with van der Waals surface area (Å²) in [6.45, 7) is 4.58. The van der Waals surface area contributed by atoms with Crippen molar-refractivity contribution in [1.82, 2.24) is 15.1 Å². The molecule has 1 N–H and O–H groups in total. The van der Waals surface area contributed by atoms with Crippen molar-refractivity contribution in [3.8, 4) is 0 Å². The number of halogens is 1. The lowest BCUT2D eigenvalue weighted by Gasteiger charge is -2.46. The number of benzene rings is 1. The van der Waals surface area contributed by atoms with Crippen LogP contribution in [-0.4, -0.2) is 59.9 Å². The minimum absolute atomic E-state index is 0.0903. The first-order chi connectivity index (χ1) is 13.0. The second kappa shape index (κ2) is 7.23. The molecular formula is C21H28FN3O2. The molecule has 3 aliphatic rings. The summed E-state index contributed by atoms with van der Waals surface area (Å²) in [7, 11) is 0. The van der Waals surface area contributed by atoms with Gasteiger partial charge in [-0.2, -0.15) is 0 Å². The first kappa shape index (κ1) is 18.4. The molecule has 0 bridgehead atoms. The van der Waals surface area contributed by atoms with E-state index in [1.54, 1.807) is 6.07 Å². The van der Waals surface area contributed by atoms with Crippen LogP contribution in [0.4, 0.5) is 4.39 Å². The van der Waals surface area contributed by atoms with Crippen LogP contribution < -0.4 is 5.32 Å². The van der Waals surface area contributed by atoms with Crippen LogP contribution in [0.5, 0.6) is 0 Å². The zero-order valence-corrected chi connectivity index (χ0v) is 15.9. The largest absolute Gasteiger partial charge is 0.352 e. The predicted octanol–water partition coefficient (Wildman–Crippen LogP) is 2.06. The van der Waals surface area contributed by atoms with Gasteiger partial charge in [0.25, 0.3) is 0 Å². The van der Waals surface area contributed by atoms with Gasteiger partial charge in [0.15, 0.2) is 0 Å². The first-order valence-electron chi connectivity index (χ1n) is 10.1. The van der Waals surface area contributed by atoms with Crippen LogP contribution in [0.3, 0.4) is 0 Å². The number of carbonyl (C=O) groups excluding carboxylic acids is 2. The molecule has 1 heterocycles. The molecule has 2 aliphatic carbocycles. The third kappa shape index (κ3) is 3.59. The molecule has 0 aromatic heterocycles. The molecule has 27 heavy (non-hydrogen) atoms. The molecule has 5 nitrogen and oxygen atoms in total. The van der Waals surface area contributed by atoms with Crippen molar-refractivity contribution in [3.63, 3.8) is 0 Å². The number of carbonyl (C=O) groups is 2. The third-order valence-corrected chi connectivity index (χ3v) is 6.45. The van der Waals surface area contributed by atoms with Crippen molar-refractivity contribution in [2.75, 3.05) is 26.2 Å². The quantitative estimate of drug-likeness (QED) is 0.860. The summed E-state index contributed by atoms with van der Waals surface area (Å²) in [6.07, 6.45) is 4.75. The molecule has 0 radical (unpaired) electrons. The smallest absolute Gasteiger partial charge is 0.237 e. The van der Waals surface area contributed by atoms with Gasteiger partial charge in [-0.05, 0) is 50.3 Å². The van der Waals surface area contributed by atoms with Crippen LogP contribution in [0, 0.1) is 5.82 Å². The lowest BCUT2D eigenvalue weighted by Crippen LogP contribution is -2.59. The van der Waals surface area contributed by atoms with Gasteiger partial charge in [-0.3, -0.25) is 14.5 Å². The standard InChI is InChI=1S/C21H28FN3O2/c1-15(19(26)23-18-6-7-18)24-10-12-25(13-11-24)20(27)21(8-3-9-21)16-4-2-5-17(22)14-16/h2,4-5,14-15,18H,3,6-13H2,1H3,(H,23,26). The number of hydrogen-bond acceptors (Lipinski definition) is 3. The van der Waals surface area contributed by atoms with Crippen molar-refractivity contribution in [2.24, 2.45) is 0 Å². The Balaban J connectivity index is 1.38. The normalized spacial score (nSPS) is 23.4. The lowest BCUT2D eigenvalue weighted by atomic mass is 9.63. The van der Waals surface area contributed by atoms with E-state index in [-0.39, 0.29) is 23.7 Å². The molecular weight excluding hydrogens is 345 g/mol. The van der Waals surface area contributed by atoms with Gasteiger partial charge in [-0.15, -0.1) is 0 Å². The van der Waals surface area contributed by atoms with Crippen molar-refractivity contribution in [2.45, 2.75) is 56.5 Å². The summed E-state index contributed by atoms with van der Waals surface area (Å²) in [5.74, 6) is -0.0755. The van der Waals surface area contributed by atoms with Crippen LogP contribution in [-0.2, 0) is 15.0 Å². The van der Waals surface area contributed by atoms with Crippen molar-refractivity contribution in [1.29, 1.82) is 0 Å². The highest BCUT2D eigenvalue weighted by Crippen LogP contribution is 2.45. The molecule has 1 aromatic rings. The molecule has 0 spiro atoms. The van der Waals surface area contributed by atoms with Crippen LogP contribution in [0.1, 0.15) is 44.6 Å². The Morgan fingerprint density at radius 1 is 1.19 bits per heavy atom. The SMILES string of the molecule is CC(C(=O)NC1CC1)N1CCN(C(=O)C2(c3cccc(F)c3)CCC2)CC1. The molecule has 1 saturated heterocycles. The van der Waals surface area contributed by atoms with Gasteiger partial charge >= 0.3 is 0 Å². The number of amides is 2. The Labute approximate surface area is 159 Å². The molecule has 1 atom stereocenters. The zero-order valence-electron chi connectivity index (χ0n) is 15.9. The number of piperazine rings is 1. The average Bonchev–Trinajstić information content (AvgIpc) is 3.44. The average molecular weight is 373 g/mol. The Bertz CT molecular complexity index is 722. The minimum Gasteiger partial charge on any atom is -0.352 e. The maximum absolute atomic E-state index is 13.7. The van der Waals surface area contributed by atoms with Crippen molar-refractivity contribution in [3.05, 3.63) is 35.6 Å². The van der Waals surface area contributed by atoms with Gasteiger partial charge in [0.2, 0.25) is 11.8 Å². The van der Waals surface area contributed by atoms with Gasteiger partial charge < -0.3 is 10.2 Å². The number of hydrogen-bond donors (Lipinski definition) is 1. The van der Waals surface area contributed by atoms with E-state index in [0.29, 0.717) is 32.2 Å². The van der Waals surface area contributed by atoms with Gasteiger partial charge in [-0.1, -0.05) is 18.6 Å². The Hall–Kier alpha value is -1.95. The van der Waals surface area contributed by atoms with Gasteiger partial charge in [0.1, 0.15) is 5.82 Å². The summed E-state index contributed by atoms with van der Waals surface area (Å²) in [5, 5.41) is 3.06. The van der Waals surface area contributed by atoms with E-state index >= 15 is 0 Å². The van der Waals surface area contributed by atoms with E-state index in [1.165, 1.54) is 12.1 Å². The van der Waals surface area contributed by atoms with E-state index < -0.39 is 5.41 Å². The van der Waals surface area contributed by atoms with Crippen molar-refractivity contribution < 1.29 is 14.0 Å². The first-order valence-corrected chi connectivity index (χ1v) is 10.1. The number of nitrogens with zero attached hydrogens (tertiary/aromatic N) is 2. The Morgan fingerprint density at radius 3 is 2.44 bits per heavy atom. The predicted molar refractivity (Wildman–Crippen MR) is 101 cm³/mol. The molecule has 3 fully saturated rings. The molecule has 6 heteroatoms. The van der Waals surface area contributed by atoms with Crippen LogP contribution in [0.2, 0.25) is 0 Å². The fraction of sp³-hybridized carbons (Fsp3) is 0.619.